The molecule has 2 aromatic carbocycles. The first-order valence-electron chi connectivity index (χ1n) is 11.4. The van der Waals surface area contributed by atoms with Crippen molar-refractivity contribution in [2.24, 2.45) is 0 Å². The van der Waals surface area contributed by atoms with Gasteiger partial charge in [-0.05, 0) is 59.3 Å². The van der Waals surface area contributed by atoms with Crippen LogP contribution in [0.25, 0.3) is 0 Å². The number of carbonyl (C=O) groups excluding carboxylic acids is 2. The summed E-state index contributed by atoms with van der Waals surface area (Å²) in [5, 5.41) is 2.83. The number of amides is 2. The smallest absolute Gasteiger partial charge is 0.383 e. The molecule has 0 radical (unpaired) electrons. The van der Waals surface area contributed by atoms with Gasteiger partial charge in [0.25, 0.3) is 5.91 Å². The summed E-state index contributed by atoms with van der Waals surface area (Å²) in [6.07, 6.45) is -3.96. The highest BCUT2D eigenvalue weighted by Crippen LogP contribution is 2.41. The highest BCUT2D eigenvalue weighted by atomic mass is 35.5. The number of fused-ring (bicyclic) bond motifs is 1. The van der Waals surface area contributed by atoms with E-state index in [1.807, 2.05) is 11.4 Å². The Bertz CT molecular complexity index is 1300. The van der Waals surface area contributed by atoms with Gasteiger partial charge in [-0.15, -0.1) is 11.3 Å². The molecule has 2 heterocycles. The lowest BCUT2D eigenvalue weighted by Gasteiger charge is -2.38. The third kappa shape index (κ3) is 6.12. The fourth-order valence-electron chi connectivity index (χ4n) is 4.36. The molecule has 37 heavy (non-hydrogen) atoms. The first kappa shape index (κ1) is 27.4. The van der Waals surface area contributed by atoms with Crippen LogP contribution in [0.5, 0.6) is 0 Å². The Kier molecular flexibility index (Phi) is 8.48. The second kappa shape index (κ2) is 11.4. The Labute approximate surface area is 226 Å². The Morgan fingerprint density at radius 1 is 1.14 bits per heavy atom. The van der Waals surface area contributed by atoms with Crippen molar-refractivity contribution < 1.29 is 27.5 Å². The molecule has 1 aliphatic heterocycles. The van der Waals surface area contributed by atoms with Gasteiger partial charge in [-0.1, -0.05) is 35.3 Å². The number of halogens is 5. The zero-order valence-electron chi connectivity index (χ0n) is 19.7. The van der Waals surface area contributed by atoms with E-state index in [9.17, 15) is 22.8 Å². The first-order valence-corrected chi connectivity index (χ1v) is 13.0. The van der Waals surface area contributed by atoms with Gasteiger partial charge in [0, 0.05) is 40.7 Å². The molecule has 0 N–H and O–H groups in total. The van der Waals surface area contributed by atoms with Crippen molar-refractivity contribution in [1.82, 2.24) is 9.80 Å². The minimum Gasteiger partial charge on any atom is -0.383 e. The topological polar surface area (TPSA) is 49.9 Å². The van der Waals surface area contributed by atoms with E-state index in [4.69, 9.17) is 27.9 Å². The van der Waals surface area contributed by atoms with Crippen LogP contribution in [-0.2, 0) is 22.1 Å². The van der Waals surface area contributed by atoms with Gasteiger partial charge in [-0.2, -0.15) is 13.2 Å². The molecule has 0 saturated heterocycles. The number of thiophene rings is 1. The molecular weight excluding hydrogens is 548 g/mol. The zero-order chi connectivity index (χ0) is 26.7. The molecule has 11 heteroatoms. The molecule has 1 atom stereocenters. The van der Waals surface area contributed by atoms with Crippen LogP contribution in [0.3, 0.4) is 0 Å². The highest BCUT2D eigenvalue weighted by Gasteiger charge is 2.36. The Morgan fingerprint density at radius 2 is 1.92 bits per heavy atom. The second-order valence-electron chi connectivity index (χ2n) is 8.50. The van der Waals surface area contributed by atoms with Gasteiger partial charge < -0.3 is 14.5 Å². The molecule has 1 unspecified atom stereocenters. The molecule has 2 amide bonds. The molecule has 5 nitrogen and oxygen atoms in total. The van der Waals surface area contributed by atoms with Crippen molar-refractivity contribution in [1.29, 1.82) is 0 Å². The van der Waals surface area contributed by atoms with Gasteiger partial charge in [0.1, 0.15) is 6.54 Å². The minimum atomic E-state index is -4.60. The quantitative estimate of drug-likeness (QED) is 0.333. The summed E-state index contributed by atoms with van der Waals surface area (Å²) in [7, 11) is 1.44. The van der Waals surface area contributed by atoms with Gasteiger partial charge in [0.05, 0.1) is 18.2 Å². The molecule has 0 saturated carbocycles. The van der Waals surface area contributed by atoms with Gasteiger partial charge in [-0.3, -0.25) is 9.59 Å². The molecular formula is C26H23Cl2F3N2O3S. The lowest BCUT2D eigenvalue weighted by Crippen LogP contribution is -2.47. The molecule has 0 bridgehead atoms. The maximum absolute atomic E-state index is 13.7. The van der Waals surface area contributed by atoms with Crippen molar-refractivity contribution in [3.63, 3.8) is 0 Å². The van der Waals surface area contributed by atoms with Crippen LogP contribution in [0.2, 0.25) is 10.0 Å². The summed E-state index contributed by atoms with van der Waals surface area (Å²) in [5.41, 5.74) is 0.553. The number of rotatable bonds is 7. The average Bonchev–Trinajstić information content (AvgIpc) is 3.34. The molecule has 1 aliphatic rings. The van der Waals surface area contributed by atoms with Gasteiger partial charge in [0.2, 0.25) is 5.91 Å². The maximum Gasteiger partial charge on any atom is 0.416 e. The van der Waals surface area contributed by atoms with Crippen LogP contribution < -0.4 is 0 Å². The summed E-state index contributed by atoms with van der Waals surface area (Å²) >= 11 is 14.2. The molecule has 0 fully saturated rings. The van der Waals surface area contributed by atoms with Crippen LogP contribution >= 0.6 is 34.5 Å². The second-order valence-corrected chi connectivity index (χ2v) is 10.3. The molecule has 196 valence electrons. The van der Waals surface area contributed by atoms with Crippen molar-refractivity contribution in [3.05, 3.63) is 91.1 Å². The molecule has 1 aromatic heterocycles. The maximum atomic E-state index is 13.7. The number of ether oxygens (including phenoxy) is 1. The number of methoxy groups -OCH3 is 1. The number of carbonyl (C=O) groups is 2. The Balaban J connectivity index is 1.64. The van der Waals surface area contributed by atoms with Crippen molar-refractivity contribution in [2.45, 2.75) is 18.6 Å². The normalized spacial score (nSPS) is 15.4. The van der Waals surface area contributed by atoms with Crippen LogP contribution in [0.4, 0.5) is 13.2 Å². The summed E-state index contributed by atoms with van der Waals surface area (Å²) < 4.78 is 44.8. The van der Waals surface area contributed by atoms with Crippen molar-refractivity contribution in [2.75, 3.05) is 33.4 Å². The lowest BCUT2D eigenvalue weighted by molar-refractivity contribution is -0.137. The van der Waals surface area contributed by atoms with E-state index in [2.05, 4.69) is 0 Å². The number of hydrogen-bond acceptors (Lipinski definition) is 4. The molecule has 4 rings (SSSR count). The van der Waals surface area contributed by atoms with Gasteiger partial charge in [0.15, 0.2) is 0 Å². The standard InChI is InChI=1S/C26H23Cl2F3N2O3S/c1-36-11-10-32(25(35)16-3-2-4-17(13-16)26(29,30)31)15-23(34)33-9-7-22-20(8-12-37-22)24(33)19-6-5-18(27)14-21(19)28/h2-6,8,12-14,24H,7,9-11,15H2,1H3. The average molecular weight is 571 g/mol. The van der Waals surface area contributed by atoms with Crippen molar-refractivity contribution in [3.8, 4) is 0 Å². The van der Waals surface area contributed by atoms with E-state index in [0.29, 0.717) is 28.6 Å². The monoisotopic (exact) mass is 570 g/mol. The fraction of sp³-hybridized carbons (Fsp3) is 0.308. The third-order valence-electron chi connectivity index (χ3n) is 6.16. The zero-order valence-corrected chi connectivity index (χ0v) is 22.1. The first-order chi connectivity index (χ1) is 17.6. The predicted molar refractivity (Wildman–Crippen MR) is 137 cm³/mol. The van der Waals surface area contributed by atoms with E-state index in [1.165, 1.54) is 24.1 Å². The summed E-state index contributed by atoms with van der Waals surface area (Å²) in [4.78, 5) is 30.9. The summed E-state index contributed by atoms with van der Waals surface area (Å²) in [6, 6.07) is 10.7. The Morgan fingerprint density at radius 3 is 2.62 bits per heavy atom. The predicted octanol–water partition coefficient (Wildman–Crippen LogP) is 6.34. The largest absolute Gasteiger partial charge is 0.416 e. The fourth-order valence-corrected chi connectivity index (χ4v) is 5.78. The highest BCUT2D eigenvalue weighted by molar-refractivity contribution is 7.10. The van der Waals surface area contributed by atoms with Crippen LogP contribution in [0.15, 0.2) is 53.9 Å². The lowest BCUT2D eigenvalue weighted by atomic mass is 9.93. The molecule has 0 aliphatic carbocycles. The summed E-state index contributed by atoms with van der Waals surface area (Å²) in [6.45, 7) is 0.200. The minimum absolute atomic E-state index is 0.0290. The van der Waals surface area contributed by atoms with Gasteiger partial charge >= 0.3 is 6.18 Å². The van der Waals surface area contributed by atoms with Crippen molar-refractivity contribution >= 4 is 46.4 Å². The van der Waals surface area contributed by atoms with Gasteiger partial charge in [-0.25, -0.2) is 0 Å². The number of benzene rings is 2. The van der Waals surface area contributed by atoms with E-state index in [0.717, 1.165) is 22.6 Å². The third-order valence-corrected chi connectivity index (χ3v) is 7.72. The van der Waals surface area contributed by atoms with E-state index in [-0.39, 0.29) is 31.2 Å². The van der Waals surface area contributed by atoms with Crippen LogP contribution in [0.1, 0.15) is 38.0 Å². The van der Waals surface area contributed by atoms with E-state index in [1.54, 1.807) is 34.4 Å². The molecule has 3 aromatic rings. The van der Waals surface area contributed by atoms with Crippen LogP contribution in [0, 0.1) is 0 Å². The Hall–Kier alpha value is -2.59. The number of nitrogens with zero attached hydrogens (tertiary/aromatic N) is 2. The van der Waals surface area contributed by atoms with E-state index < -0.39 is 23.7 Å². The number of alkyl halides is 3. The summed E-state index contributed by atoms with van der Waals surface area (Å²) in [5.74, 6) is -1.05. The van der Waals surface area contributed by atoms with Crippen LogP contribution in [-0.4, -0.2) is 55.0 Å². The van der Waals surface area contributed by atoms with E-state index >= 15 is 0 Å². The SMILES string of the molecule is COCCN(CC(=O)N1CCc2sccc2C1c1ccc(Cl)cc1Cl)C(=O)c1cccc(C(F)(F)F)c1. The number of hydrogen-bond donors (Lipinski definition) is 0. The molecule has 0 spiro atoms.